The summed E-state index contributed by atoms with van der Waals surface area (Å²) in [6.45, 7) is 6.51. The van der Waals surface area contributed by atoms with E-state index in [0.29, 0.717) is 19.3 Å². The Morgan fingerprint density at radius 1 is 0.256 bits per heavy atom. The number of hydrogen-bond donors (Lipinski definition) is 0. The molecule has 1 atom stereocenters. The van der Waals surface area contributed by atoms with Crippen molar-refractivity contribution in [3.05, 3.63) is 109 Å². The van der Waals surface area contributed by atoms with E-state index in [-0.39, 0.29) is 31.1 Å². The molecule has 6 nitrogen and oxygen atoms in total. The molecule has 82 heavy (non-hydrogen) atoms. The average molecular weight is 1140 g/mol. The zero-order valence-corrected chi connectivity index (χ0v) is 54.0. The number of ether oxygens (including phenoxy) is 3. The summed E-state index contributed by atoms with van der Waals surface area (Å²) < 4.78 is 17.0. The van der Waals surface area contributed by atoms with Crippen LogP contribution in [0.4, 0.5) is 0 Å². The zero-order valence-electron chi connectivity index (χ0n) is 54.0. The van der Waals surface area contributed by atoms with Crippen molar-refractivity contribution in [2.75, 3.05) is 13.2 Å². The third-order valence-corrected chi connectivity index (χ3v) is 15.0. The summed E-state index contributed by atoms with van der Waals surface area (Å²) in [4.78, 5) is 38.4. The van der Waals surface area contributed by atoms with Gasteiger partial charge in [0.1, 0.15) is 13.2 Å². The van der Waals surface area contributed by atoms with Crippen LogP contribution in [0.1, 0.15) is 335 Å². The molecule has 0 aliphatic heterocycles. The van der Waals surface area contributed by atoms with Crippen LogP contribution in [-0.2, 0) is 28.6 Å². The fourth-order valence-electron chi connectivity index (χ4n) is 9.81. The number of unbranched alkanes of at least 4 members (excludes halogenated alkanes) is 34. The summed E-state index contributed by atoms with van der Waals surface area (Å²) in [6.07, 6.45) is 95.4. The third kappa shape index (κ3) is 66.9. The largest absolute Gasteiger partial charge is 0.462 e. The number of carbonyl (C=O) groups excluding carboxylic acids is 3. The lowest BCUT2D eigenvalue weighted by Gasteiger charge is -2.18. The second kappa shape index (κ2) is 69.6. The van der Waals surface area contributed by atoms with Crippen LogP contribution in [0.25, 0.3) is 0 Å². The van der Waals surface area contributed by atoms with Crippen LogP contribution in [0.2, 0.25) is 0 Å². The Morgan fingerprint density at radius 2 is 0.476 bits per heavy atom. The topological polar surface area (TPSA) is 78.9 Å². The van der Waals surface area contributed by atoms with Crippen LogP contribution >= 0.6 is 0 Å². The van der Waals surface area contributed by atoms with Gasteiger partial charge in [0.25, 0.3) is 0 Å². The first-order valence-corrected chi connectivity index (χ1v) is 34.9. The fraction of sp³-hybridized carbons (Fsp3) is 0.724. The van der Waals surface area contributed by atoms with Gasteiger partial charge in [-0.2, -0.15) is 0 Å². The number of rotatable bonds is 63. The van der Waals surface area contributed by atoms with E-state index in [9.17, 15) is 14.4 Å². The highest BCUT2D eigenvalue weighted by molar-refractivity contribution is 5.71. The molecule has 0 fully saturated rings. The number of carbonyl (C=O) groups is 3. The highest BCUT2D eigenvalue weighted by Gasteiger charge is 2.19. The lowest BCUT2D eigenvalue weighted by atomic mass is 10.0. The van der Waals surface area contributed by atoms with Crippen molar-refractivity contribution in [2.24, 2.45) is 0 Å². The summed E-state index contributed by atoms with van der Waals surface area (Å²) in [5.74, 6) is -0.926. The van der Waals surface area contributed by atoms with Gasteiger partial charge in [-0.25, -0.2) is 0 Å². The van der Waals surface area contributed by atoms with E-state index in [1.54, 1.807) is 0 Å². The van der Waals surface area contributed by atoms with Gasteiger partial charge in [0.15, 0.2) is 6.10 Å². The molecule has 0 radical (unpaired) electrons. The van der Waals surface area contributed by atoms with Gasteiger partial charge in [-0.05, 0) is 109 Å². The monoisotopic (exact) mass is 1140 g/mol. The summed E-state index contributed by atoms with van der Waals surface area (Å²) in [7, 11) is 0. The normalized spacial score (nSPS) is 12.8. The smallest absolute Gasteiger partial charge is 0.306 e. The Labute approximate surface area is 508 Å². The number of hydrogen-bond acceptors (Lipinski definition) is 6. The van der Waals surface area contributed by atoms with E-state index in [0.717, 1.165) is 135 Å². The molecule has 0 bridgehead atoms. The maximum Gasteiger partial charge on any atom is 0.306 e. The Hall–Kier alpha value is -3.93. The van der Waals surface area contributed by atoms with Gasteiger partial charge in [-0.1, -0.05) is 316 Å². The summed E-state index contributed by atoms with van der Waals surface area (Å²) in [5.41, 5.74) is 0. The first-order valence-electron chi connectivity index (χ1n) is 34.9. The molecule has 1 unspecified atom stereocenters. The van der Waals surface area contributed by atoms with E-state index in [1.165, 1.54) is 161 Å². The Morgan fingerprint density at radius 3 is 0.768 bits per heavy atom. The highest BCUT2D eigenvalue weighted by Crippen LogP contribution is 2.17. The summed E-state index contributed by atoms with van der Waals surface area (Å²) in [6, 6.07) is 0. The molecule has 0 aromatic rings. The predicted molar refractivity (Wildman–Crippen MR) is 357 cm³/mol. The molecule has 0 spiro atoms. The minimum absolute atomic E-state index is 0.0947. The lowest BCUT2D eigenvalue weighted by molar-refractivity contribution is -0.167. The first-order chi connectivity index (χ1) is 40.5. The van der Waals surface area contributed by atoms with Gasteiger partial charge in [-0.3, -0.25) is 14.4 Å². The molecular weight excluding hydrogens is 1010 g/mol. The van der Waals surface area contributed by atoms with Crippen LogP contribution in [-0.4, -0.2) is 37.2 Å². The maximum absolute atomic E-state index is 13.0. The summed E-state index contributed by atoms with van der Waals surface area (Å²) in [5, 5.41) is 0. The minimum atomic E-state index is -0.800. The van der Waals surface area contributed by atoms with Gasteiger partial charge < -0.3 is 14.2 Å². The van der Waals surface area contributed by atoms with E-state index < -0.39 is 6.10 Å². The molecule has 0 heterocycles. The molecule has 0 N–H and O–H groups in total. The van der Waals surface area contributed by atoms with Crippen molar-refractivity contribution >= 4 is 17.9 Å². The third-order valence-electron chi connectivity index (χ3n) is 15.0. The van der Waals surface area contributed by atoms with Crippen molar-refractivity contribution in [3.63, 3.8) is 0 Å². The van der Waals surface area contributed by atoms with Gasteiger partial charge >= 0.3 is 17.9 Å². The highest BCUT2D eigenvalue weighted by atomic mass is 16.6. The molecule has 0 saturated carbocycles. The Bertz CT molecular complexity index is 1640. The minimum Gasteiger partial charge on any atom is -0.462 e. The van der Waals surface area contributed by atoms with Gasteiger partial charge in [-0.15, -0.1) is 0 Å². The molecular formula is C76H130O6. The quantitative estimate of drug-likeness (QED) is 0.0261. The molecule has 470 valence electrons. The van der Waals surface area contributed by atoms with Crippen LogP contribution in [0.15, 0.2) is 109 Å². The molecule has 0 amide bonds. The zero-order chi connectivity index (χ0) is 59.2. The van der Waals surface area contributed by atoms with Crippen LogP contribution in [0.3, 0.4) is 0 Å². The number of esters is 3. The molecule has 0 aromatic heterocycles. The van der Waals surface area contributed by atoms with E-state index in [4.69, 9.17) is 14.2 Å². The van der Waals surface area contributed by atoms with Crippen molar-refractivity contribution in [1.29, 1.82) is 0 Å². The van der Waals surface area contributed by atoms with E-state index in [2.05, 4.69) is 130 Å². The van der Waals surface area contributed by atoms with Crippen molar-refractivity contribution in [3.8, 4) is 0 Å². The second-order valence-corrected chi connectivity index (χ2v) is 23.1. The maximum atomic E-state index is 13.0. The van der Waals surface area contributed by atoms with E-state index in [1.807, 2.05) is 0 Å². The Balaban J connectivity index is 4.42. The van der Waals surface area contributed by atoms with E-state index >= 15 is 0 Å². The van der Waals surface area contributed by atoms with Crippen LogP contribution in [0.5, 0.6) is 0 Å². The Kier molecular flexibility index (Phi) is 66.2. The molecule has 6 heteroatoms. The SMILES string of the molecule is CC/C=C\C/C=C\C/C=C\C/C=C\C/C=C\C/C=C\C/C=C\CCCCCC(=O)OCC(COC(=O)CCCCCCC/C=C\C/C=C\CCCCCC)OC(=O)CCCCCCCCCCCCCCCCCCCCCCCCC. The van der Waals surface area contributed by atoms with Crippen molar-refractivity contribution in [2.45, 2.75) is 341 Å². The van der Waals surface area contributed by atoms with Crippen LogP contribution < -0.4 is 0 Å². The first kappa shape index (κ1) is 78.1. The molecule has 0 aromatic carbocycles. The average Bonchev–Trinajstić information content (AvgIpc) is 3.47. The number of allylic oxidation sites excluding steroid dienone is 18. The molecule has 0 aliphatic rings. The summed E-state index contributed by atoms with van der Waals surface area (Å²) >= 11 is 0. The second-order valence-electron chi connectivity index (χ2n) is 23.1. The molecule has 0 rings (SSSR count). The standard InChI is InChI=1S/C76H130O6/c1-4-7-10-13-16-19-22-25-28-31-33-35-37-38-40-41-43-45-48-51-54-57-60-63-66-69-75(78)81-72-73(71-80-74(77)68-65-62-59-56-53-50-47-30-27-24-21-18-15-12-9-6-3)82-76(79)70-67-64-61-58-55-52-49-46-44-42-39-36-34-32-29-26-23-20-17-14-11-8-5-2/h7,10,16,19,21,24-25,28,30,33,35,38,40,43,45,47,51,54,73H,4-6,8-9,11-15,17-18,20,22-23,26-27,29,31-32,34,36-37,39,41-42,44,46,48-50,52-53,55-72H2,1-3H3/b10-7-,19-16-,24-21-,28-25-,35-33-,40-38-,45-43-,47-30-,54-51-. The lowest BCUT2D eigenvalue weighted by Crippen LogP contribution is -2.30. The predicted octanol–water partition coefficient (Wildman–Crippen LogP) is 24.2. The van der Waals surface area contributed by atoms with Gasteiger partial charge in [0, 0.05) is 19.3 Å². The molecule has 0 saturated heterocycles. The van der Waals surface area contributed by atoms with Crippen LogP contribution in [0, 0.1) is 0 Å². The van der Waals surface area contributed by atoms with Crippen molar-refractivity contribution in [1.82, 2.24) is 0 Å². The van der Waals surface area contributed by atoms with Gasteiger partial charge in [0.05, 0.1) is 0 Å². The van der Waals surface area contributed by atoms with Gasteiger partial charge in [0.2, 0.25) is 0 Å². The van der Waals surface area contributed by atoms with Crippen molar-refractivity contribution < 1.29 is 28.6 Å². The fourth-order valence-corrected chi connectivity index (χ4v) is 9.81. The molecule has 0 aliphatic carbocycles.